The molecule has 9 heteroatoms. The van der Waals surface area contributed by atoms with Gasteiger partial charge in [-0.05, 0) is 69.9 Å². The minimum Gasteiger partial charge on any atom is -0.497 e. The first-order valence-corrected chi connectivity index (χ1v) is 13.5. The predicted molar refractivity (Wildman–Crippen MR) is 147 cm³/mol. The number of rotatable bonds is 6. The number of cyclic esters (lactones) is 1. The number of benzene rings is 2. The van der Waals surface area contributed by atoms with Gasteiger partial charge in [0.1, 0.15) is 35.4 Å². The van der Waals surface area contributed by atoms with Crippen LogP contribution in [-0.2, 0) is 30.1 Å². The van der Waals surface area contributed by atoms with E-state index in [0.29, 0.717) is 48.3 Å². The largest absolute Gasteiger partial charge is 0.497 e. The average molecular weight is 555 g/mol. The van der Waals surface area contributed by atoms with Crippen molar-refractivity contribution in [3.8, 4) is 11.5 Å². The standard InChI is InChI=1S/C31H38O9/c1-20-11-9-15-24(38-29(32)21-12-7-6-8-13-21)28-25(39-31(2,3)40-28)16-10-14-22-17-23(35-5)18-26(36-19-34-4)27(22)30(33)37-20/h6-9,12-13,15,17-18,20,24-25,28H,10-11,14,16,19H2,1-5H3/b15-9-/t20?,24?,25-,28?/m1/s1. The third kappa shape index (κ3) is 7.41. The van der Waals surface area contributed by atoms with Gasteiger partial charge in [-0.2, -0.15) is 0 Å². The molecule has 1 fully saturated rings. The number of aryl methyl sites for hydroxylation is 1. The van der Waals surface area contributed by atoms with Gasteiger partial charge in [-0.3, -0.25) is 0 Å². The number of carbonyl (C=O) groups excluding carboxylic acids is 2. The molecule has 0 spiro atoms. The lowest BCUT2D eigenvalue weighted by molar-refractivity contribution is -0.153. The zero-order chi connectivity index (χ0) is 28.7. The molecular formula is C31H38O9. The molecule has 4 rings (SSSR count). The van der Waals surface area contributed by atoms with Crippen LogP contribution >= 0.6 is 0 Å². The second-order valence-electron chi connectivity index (χ2n) is 10.4. The number of ether oxygens (including phenoxy) is 7. The topological polar surface area (TPSA) is 98.8 Å². The maximum Gasteiger partial charge on any atom is 0.342 e. The molecule has 1 saturated heterocycles. The molecule has 0 N–H and O–H groups in total. The van der Waals surface area contributed by atoms with E-state index < -0.39 is 36.0 Å². The zero-order valence-corrected chi connectivity index (χ0v) is 23.7. The van der Waals surface area contributed by atoms with E-state index in [9.17, 15) is 9.59 Å². The van der Waals surface area contributed by atoms with Gasteiger partial charge in [-0.25, -0.2) is 9.59 Å². The normalized spacial score (nSPS) is 25.5. The minimum absolute atomic E-state index is 0.0295. The fraction of sp³-hybridized carbons (Fsp3) is 0.484. The first kappa shape index (κ1) is 29.6. The second kappa shape index (κ2) is 13.3. The smallest absolute Gasteiger partial charge is 0.342 e. The number of hydrogen-bond acceptors (Lipinski definition) is 9. The lowest BCUT2D eigenvalue weighted by Crippen LogP contribution is -2.38. The van der Waals surface area contributed by atoms with E-state index >= 15 is 0 Å². The number of hydrogen-bond donors (Lipinski definition) is 0. The molecule has 0 aliphatic carbocycles. The van der Waals surface area contributed by atoms with E-state index in [1.165, 1.54) is 7.11 Å². The summed E-state index contributed by atoms with van der Waals surface area (Å²) >= 11 is 0. The molecule has 0 radical (unpaired) electrons. The molecule has 40 heavy (non-hydrogen) atoms. The molecule has 3 unspecified atom stereocenters. The SMILES string of the molecule is COCOc1cc(OC)cc2c1C(=O)OC(C)C/C=C\C(OC(=O)c1ccccc1)C1OC(C)(C)O[C@@H]1CCC2. The van der Waals surface area contributed by atoms with E-state index in [1.807, 2.05) is 32.1 Å². The van der Waals surface area contributed by atoms with Crippen LogP contribution in [0.5, 0.6) is 11.5 Å². The van der Waals surface area contributed by atoms with Crippen LogP contribution in [0.4, 0.5) is 0 Å². The average Bonchev–Trinajstić information content (AvgIpc) is 3.24. The summed E-state index contributed by atoms with van der Waals surface area (Å²) in [5.74, 6) is -0.908. The molecule has 216 valence electrons. The highest BCUT2D eigenvalue weighted by Gasteiger charge is 2.45. The molecular weight excluding hydrogens is 516 g/mol. The van der Waals surface area contributed by atoms with Gasteiger partial charge in [0.25, 0.3) is 0 Å². The van der Waals surface area contributed by atoms with E-state index in [0.717, 1.165) is 5.56 Å². The Bertz CT molecular complexity index is 1190. The van der Waals surface area contributed by atoms with Crippen LogP contribution in [0.25, 0.3) is 0 Å². The highest BCUT2D eigenvalue weighted by atomic mass is 16.8. The van der Waals surface area contributed by atoms with Crippen LogP contribution in [0.2, 0.25) is 0 Å². The van der Waals surface area contributed by atoms with E-state index in [1.54, 1.807) is 50.4 Å². The minimum atomic E-state index is -0.858. The Hall–Kier alpha value is -3.40. The van der Waals surface area contributed by atoms with Crippen LogP contribution < -0.4 is 9.47 Å². The maximum atomic E-state index is 13.4. The highest BCUT2D eigenvalue weighted by Crippen LogP contribution is 2.36. The summed E-state index contributed by atoms with van der Waals surface area (Å²) in [6.07, 6.45) is 3.77. The maximum absolute atomic E-state index is 13.4. The Kier molecular flexibility index (Phi) is 9.84. The van der Waals surface area contributed by atoms with Crippen LogP contribution in [-0.4, -0.2) is 63.2 Å². The Morgan fingerprint density at radius 2 is 1.88 bits per heavy atom. The van der Waals surface area contributed by atoms with Crippen molar-refractivity contribution >= 4 is 11.9 Å². The van der Waals surface area contributed by atoms with Gasteiger partial charge in [0, 0.05) is 19.6 Å². The molecule has 0 saturated carbocycles. The van der Waals surface area contributed by atoms with Crippen molar-refractivity contribution in [1.82, 2.24) is 0 Å². The van der Waals surface area contributed by atoms with Crippen LogP contribution in [0.15, 0.2) is 54.6 Å². The van der Waals surface area contributed by atoms with Crippen LogP contribution in [0.1, 0.15) is 66.3 Å². The van der Waals surface area contributed by atoms with Gasteiger partial charge < -0.3 is 33.2 Å². The molecule has 9 nitrogen and oxygen atoms in total. The van der Waals surface area contributed by atoms with Gasteiger partial charge in [-0.15, -0.1) is 0 Å². The van der Waals surface area contributed by atoms with Crippen molar-refractivity contribution in [2.24, 2.45) is 0 Å². The predicted octanol–water partition coefficient (Wildman–Crippen LogP) is 5.25. The molecule has 0 bridgehead atoms. The quantitative estimate of drug-likeness (QED) is 0.269. The van der Waals surface area contributed by atoms with Gasteiger partial charge in [0.2, 0.25) is 0 Å². The Morgan fingerprint density at radius 1 is 1.10 bits per heavy atom. The molecule has 2 aromatic rings. The van der Waals surface area contributed by atoms with Gasteiger partial charge in [0.15, 0.2) is 12.6 Å². The summed E-state index contributed by atoms with van der Waals surface area (Å²) in [6.45, 7) is 5.47. The molecule has 2 aliphatic rings. The van der Waals surface area contributed by atoms with E-state index in [4.69, 9.17) is 33.2 Å². The fourth-order valence-electron chi connectivity index (χ4n) is 4.96. The van der Waals surface area contributed by atoms with Crippen molar-refractivity contribution in [3.05, 3.63) is 71.3 Å². The first-order chi connectivity index (χ1) is 19.2. The third-order valence-electron chi connectivity index (χ3n) is 6.76. The van der Waals surface area contributed by atoms with Crippen molar-refractivity contribution in [1.29, 1.82) is 0 Å². The Morgan fingerprint density at radius 3 is 2.60 bits per heavy atom. The highest BCUT2D eigenvalue weighted by molar-refractivity contribution is 5.94. The lowest BCUT2D eigenvalue weighted by Gasteiger charge is -2.25. The summed E-state index contributed by atoms with van der Waals surface area (Å²) < 4.78 is 40.6. The first-order valence-electron chi connectivity index (χ1n) is 13.5. The molecule has 2 aromatic carbocycles. The summed E-state index contributed by atoms with van der Waals surface area (Å²) in [5.41, 5.74) is 1.53. The van der Waals surface area contributed by atoms with Gasteiger partial charge in [0.05, 0.1) is 18.8 Å². The summed E-state index contributed by atoms with van der Waals surface area (Å²) in [5, 5.41) is 0. The van der Waals surface area contributed by atoms with E-state index in [-0.39, 0.29) is 12.9 Å². The molecule has 0 aromatic heterocycles. The van der Waals surface area contributed by atoms with Crippen molar-refractivity contribution < 1.29 is 42.7 Å². The number of carbonyl (C=O) groups is 2. The van der Waals surface area contributed by atoms with Gasteiger partial charge >= 0.3 is 11.9 Å². The van der Waals surface area contributed by atoms with Crippen molar-refractivity contribution in [2.75, 3.05) is 21.0 Å². The fourth-order valence-corrected chi connectivity index (χ4v) is 4.96. The van der Waals surface area contributed by atoms with Gasteiger partial charge in [-0.1, -0.05) is 24.3 Å². The number of methoxy groups -OCH3 is 2. The molecule has 0 amide bonds. The van der Waals surface area contributed by atoms with Crippen LogP contribution in [0, 0.1) is 0 Å². The molecule has 2 heterocycles. The second-order valence-corrected chi connectivity index (χ2v) is 10.4. The molecule has 4 atom stereocenters. The number of fused-ring (bicyclic) bond motifs is 2. The number of esters is 2. The Balaban J connectivity index is 1.65. The summed E-state index contributed by atoms with van der Waals surface area (Å²) in [6, 6.07) is 12.3. The van der Waals surface area contributed by atoms with Crippen LogP contribution in [0.3, 0.4) is 0 Å². The summed E-state index contributed by atoms with van der Waals surface area (Å²) in [7, 11) is 3.07. The van der Waals surface area contributed by atoms with Crippen molar-refractivity contribution in [2.45, 2.75) is 76.7 Å². The summed E-state index contributed by atoms with van der Waals surface area (Å²) in [4.78, 5) is 26.4. The van der Waals surface area contributed by atoms with Crippen molar-refractivity contribution in [3.63, 3.8) is 0 Å². The Labute approximate surface area is 235 Å². The van der Waals surface area contributed by atoms with E-state index in [2.05, 4.69) is 0 Å². The third-order valence-corrected chi connectivity index (χ3v) is 6.76. The lowest BCUT2D eigenvalue weighted by atomic mass is 9.96. The molecule has 2 aliphatic heterocycles. The zero-order valence-electron chi connectivity index (χ0n) is 23.7. The monoisotopic (exact) mass is 554 g/mol.